The zero-order chi connectivity index (χ0) is 23.2. The van der Waals surface area contributed by atoms with E-state index in [4.69, 9.17) is 9.47 Å². The van der Waals surface area contributed by atoms with Crippen LogP contribution in [0.5, 0.6) is 11.5 Å². The van der Waals surface area contributed by atoms with Gasteiger partial charge >= 0.3 is 0 Å². The van der Waals surface area contributed by atoms with Gasteiger partial charge < -0.3 is 19.7 Å². The molecule has 2 aromatic rings. The topological polar surface area (TPSA) is 67.9 Å². The number of carbonyl (C=O) groups excluding carboxylic acids is 2. The Labute approximate surface area is 193 Å². The fourth-order valence-corrected chi connectivity index (χ4v) is 3.52. The second kappa shape index (κ2) is 10.7. The molecule has 0 radical (unpaired) electrons. The highest BCUT2D eigenvalue weighted by Gasteiger charge is 2.26. The lowest BCUT2D eigenvalue weighted by atomic mass is 9.87. The second-order valence-corrected chi connectivity index (χ2v) is 9.20. The maximum atomic E-state index is 13.0. The predicted molar refractivity (Wildman–Crippen MR) is 125 cm³/mol. The summed E-state index contributed by atoms with van der Waals surface area (Å²) in [5, 5.41) is 2.61. The lowest BCUT2D eigenvalue weighted by Gasteiger charge is -2.28. The Morgan fingerprint density at radius 1 is 1.13 bits per heavy atom. The quantitative estimate of drug-likeness (QED) is 0.598. The van der Waals surface area contributed by atoms with Gasteiger partial charge in [-0.2, -0.15) is 0 Å². The van der Waals surface area contributed by atoms with Crippen LogP contribution in [0, 0.1) is 0 Å². The van der Waals surface area contributed by atoms with Crippen LogP contribution in [0.4, 0.5) is 0 Å². The van der Waals surface area contributed by atoms with Crippen LogP contribution in [0.1, 0.15) is 38.8 Å². The van der Waals surface area contributed by atoms with Crippen LogP contribution in [0.2, 0.25) is 0 Å². The van der Waals surface area contributed by atoms with Crippen LogP contribution in [-0.2, 0) is 21.5 Å². The first-order chi connectivity index (χ1) is 14.6. The van der Waals surface area contributed by atoms with Crippen molar-refractivity contribution < 1.29 is 19.1 Å². The Kier molecular flexibility index (Phi) is 8.51. The Bertz CT molecular complexity index is 907. The molecule has 0 aromatic heterocycles. The van der Waals surface area contributed by atoms with Crippen LogP contribution in [0.15, 0.2) is 46.9 Å². The number of methoxy groups -OCH3 is 1. The smallest absolute Gasteiger partial charge is 0.261 e. The van der Waals surface area contributed by atoms with Crippen molar-refractivity contribution in [3.63, 3.8) is 0 Å². The van der Waals surface area contributed by atoms with Gasteiger partial charge in [0.25, 0.3) is 5.91 Å². The number of carbonyl (C=O) groups is 2. The van der Waals surface area contributed by atoms with Crippen LogP contribution in [0.25, 0.3) is 0 Å². The first kappa shape index (κ1) is 24.7. The van der Waals surface area contributed by atoms with Crippen molar-refractivity contribution in [2.24, 2.45) is 0 Å². The van der Waals surface area contributed by atoms with Gasteiger partial charge in [-0.1, -0.05) is 39.0 Å². The second-order valence-electron chi connectivity index (χ2n) is 8.34. The van der Waals surface area contributed by atoms with Gasteiger partial charge in [-0.05, 0) is 63.7 Å². The standard InChI is InChI=1S/C24H31BrN2O4/c1-16(23(29)26-5)27(14-17-7-10-19(30-6)11-8-17)22(28)15-31-21-12-9-18(13-20(21)25)24(2,3)4/h7-13,16H,14-15H2,1-6H3,(H,26,29). The summed E-state index contributed by atoms with van der Waals surface area (Å²) >= 11 is 3.53. The van der Waals surface area contributed by atoms with Crippen molar-refractivity contribution in [2.45, 2.75) is 45.7 Å². The zero-order valence-electron chi connectivity index (χ0n) is 19.0. The highest BCUT2D eigenvalue weighted by Crippen LogP contribution is 2.31. The molecule has 31 heavy (non-hydrogen) atoms. The minimum atomic E-state index is -0.644. The third-order valence-corrected chi connectivity index (χ3v) is 5.69. The average Bonchev–Trinajstić information content (AvgIpc) is 2.75. The Hall–Kier alpha value is -2.54. The number of rotatable bonds is 8. The molecular weight excluding hydrogens is 460 g/mol. The number of hydrogen-bond donors (Lipinski definition) is 1. The maximum absolute atomic E-state index is 13.0. The molecular formula is C24H31BrN2O4. The number of ether oxygens (including phenoxy) is 2. The van der Waals surface area contributed by atoms with Gasteiger partial charge in [-0.3, -0.25) is 9.59 Å². The normalized spacial score (nSPS) is 12.1. The summed E-state index contributed by atoms with van der Waals surface area (Å²) in [5.41, 5.74) is 2.06. The van der Waals surface area contributed by atoms with E-state index in [0.717, 1.165) is 21.3 Å². The largest absolute Gasteiger partial charge is 0.497 e. The van der Waals surface area contributed by atoms with E-state index >= 15 is 0 Å². The molecule has 0 saturated carbocycles. The van der Waals surface area contributed by atoms with E-state index in [9.17, 15) is 9.59 Å². The minimum Gasteiger partial charge on any atom is -0.497 e. The van der Waals surface area contributed by atoms with Gasteiger partial charge in [0.2, 0.25) is 5.91 Å². The van der Waals surface area contributed by atoms with E-state index < -0.39 is 6.04 Å². The first-order valence-electron chi connectivity index (χ1n) is 10.1. The van der Waals surface area contributed by atoms with E-state index in [1.807, 2.05) is 42.5 Å². The number of nitrogens with zero attached hydrogens (tertiary/aromatic N) is 1. The molecule has 0 aliphatic carbocycles. The Balaban J connectivity index is 2.16. The molecule has 1 unspecified atom stereocenters. The molecule has 2 aromatic carbocycles. The number of nitrogens with one attached hydrogen (secondary N) is 1. The van der Waals surface area contributed by atoms with Gasteiger partial charge in [0.05, 0.1) is 11.6 Å². The molecule has 2 amide bonds. The van der Waals surface area contributed by atoms with Crippen molar-refractivity contribution in [3.05, 3.63) is 58.1 Å². The Morgan fingerprint density at radius 2 is 1.77 bits per heavy atom. The third-order valence-electron chi connectivity index (χ3n) is 5.07. The van der Waals surface area contributed by atoms with Gasteiger partial charge in [0.1, 0.15) is 17.5 Å². The summed E-state index contributed by atoms with van der Waals surface area (Å²) in [5.74, 6) is 0.794. The molecule has 0 aliphatic rings. The number of halogens is 1. The molecule has 0 saturated heterocycles. The summed E-state index contributed by atoms with van der Waals surface area (Å²) in [6.45, 7) is 8.21. The fourth-order valence-electron chi connectivity index (χ4n) is 3.03. The molecule has 7 heteroatoms. The highest BCUT2D eigenvalue weighted by molar-refractivity contribution is 9.10. The van der Waals surface area contributed by atoms with Gasteiger partial charge in [-0.15, -0.1) is 0 Å². The highest BCUT2D eigenvalue weighted by atomic mass is 79.9. The van der Waals surface area contributed by atoms with Crippen molar-refractivity contribution >= 4 is 27.7 Å². The van der Waals surface area contributed by atoms with Crippen molar-refractivity contribution in [3.8, 4) is 11.5 Å². The SMILES string of the molecule is CNC(=O)C(C)N(Cc1ccc(OC)cc1)C(=O)COc1ccc(C(C)(C)C)cc1Br. The maximum Gasteiger partial charge on any atom is 0.261 e. The molecule has 0 fully saturated rings. The van der Waals surface area contributed by atoms with Gasteiger partial charge in [-0.25, -0.2) is 0 Å². The summed E-state index contributed by atoms with van der Waals surface area (Å²) in [4.78, 5) is 26.8. The average molecular weight is 491 g/mol. The number of hydrogen-bond acceptors (Lipinski definition) is 4. The third kappa shape index (κ3) is 6.72. The molecule has 2 rings (SSSR count). The van der Waals surface area contributed by atoms with Gasteiger partial charge in [0.15, 0.2) is 6.61 Å². The van der Waals surface area contributed by atoms with Crippen LogP contribution < -0.4 is 14.8 Å². The minimum absolute atomic E-state index is 0.00891. The number of benzene rings is 2. The summed E-state index contributed by atoms with van der Waals surface area (Å²) in [7, 11) is 3.15. The van der Waals surface area contributed by atoms with E-state index in [-0.39, 0.29) is 30.4 Å². The van der Waals surface area contributed by atoms with E-state index in [1.165, 1.54) is 4.90 Å². The molecule has 0 spiro atoms. The van der Waals surface area contributed by atoms with Crippen LogP contribution in [-0.4, -0.2) is 43.5 Å². The molecule has 0 bridgehead atoms. The summed E-state index contributed by atoms with van der Waals surface area (Å²) in [6.07, 6.45) is 0. The lowest BCUT2D eigenvalue weighted by Crippen LogP contribution is -2.48. The van der Waals surface area contributed by atoms with Crippen molar-refractivity contribution in [2.75, 3.05) is 20.8 Å². The molecule has 0 aliphatic heterocycles. The zero-order valence-corrected chi connectivity index (χ0v) is 20.6. The fraction of sp³-hybridized carbons (Fsp3) is 0.417. The predicted octanol–water partition coefficient (Wildman–Crippen LogP) is 4.30. The lowest BCUT2D eigenvalue weighted by molar-refractivity contribution is -0.142. The molecule has 1 N–H and O–H groups in total. The number of likely N-dealkylation sites (N-methyl/N-ethyl adjacent to an activating group) is 1. The summed E-state index contributed by atoms with van der Waals surface area (Å²) in [6, 6.07) is 12.6. The van der Waals surface area contributed by atoms with Crippen LogP contribution in [0.3, 0.4) is 0 Å². The molecule has 0 heterocycles. The molecule has 1 atom stereocenters. The molecule has 6 nitrogen and oxygen atoms in total. The van der Waals surface area contributed by atoms with E-state index in [2.05, 4.69) is 42.0 Å². The number of amides is 2. The monoisotopic (exact) mass is 490 g/mol. The first-order valence-corrected chi connectivity index (χ1v) is 10.9. The van der Waals surface area contributed by atoms with E-state index in [1.54, 1.807) is 21.1 Å². The molecule has 168 valence electrons. The van der Waals surface area contributed by atoms with Crippen molar-refractivity contribution in [1.82, 2.24) is 10.2 Å². The van der Waals surface area contributed by atoms with Gasteiger partial charge in [0, 0.05) is 13.6 Å². The summed E-state index contributed by atoms with van der Waals surface area (Å²) < 4.78 is 11.8. The van der Waals surface area contributed by atoms with Crippen molar-refractivity contribution in [1.29, 1.82) is 0 Å². The van der Waals surface area contributed by atoms with E-state index in [0.29, 0.717) is 5.75 Å². The van der Waals surface area contributed by atoms with Crippen LogP contribution >= 0.6 is 15.9 Å². The Morgan fingerprint density at radius 3 is 2.29 bits per heavy atom.